The first-order valence-electron chi connectivity index (χ1n) is 6.31. The van der Waals surface area contributed by atoms with Gasteiger partial charge < -0.3 is 14.7 Å². The van der Waals surface area contributed by atoms with Gasteiger partial charge in [-0.2, -0.15) is 0 Å². The highest BCUT2D eigenvalue weighted by atomic mass is 79.9. The molecule has 6 heteroatoms. The van der Waals surface area contributed by atoms with Crippen LogP contribution in [0, 0.1) is 0 Å². The van der Waals surface area contributed by atoms with Crippen LogP contribution in [0.25, 0.3) is 11.3 Å². The zero-order valence-electron chi connectivity index (χ0n) is 10.5. The van der Waals surface area contributed by atoms with Crippen molar-refractivity contribution in [1.82, 2.24) is 5.16 Å². The molecule has 1 aliphatic carbocycles. The number of carboxylic acid groups (broad SMARTS) is 1. The number of hydrogen-bond acceptors (Lipinski definition) is 4. The molecule has 2 aromatic rings. The van der Waals surface area contributed by atoms with Gasteiger partial charge in [0.05, 0.1) is 10.0 Å². The molecule has 2 N–H and O–H groups in total. The van der Waals surface area contributed by atoms with Crippen molar-refractivity contribution in [2.24, 2.45) is 0 Å². The number of halogens is 1. The van der Waals surface area contributed by atoms with Gasteiger partial charge in [-0.1, -0.05) is 5.16 Å². The van der Waals surface area contributed by atoms with Crippen LogP contribution in [0.15, 0.2) is 21.1 Å². The number of aryl methyl sites for hydroxylation is 1. The van der Waals surface area contributed by atoms with E-state index >= 15 is 0 Å². The zero-order chi connectivity index (χ0) is 14.3. The van der Waals surface area contributed by atoms with E-state index in [1.54, 1.807) is 0 Å². The van der Waals surface area contributed by atoms with Crippen LogP contribution < -0.4 is 0 Å². The summed E-state index contributed by atoms with van der Waals surface area (Å²) in [7, 11) is 0. The van der Waals surface area contributed by atoms with Gasteiger partial charge in [-0.05, 0) is 58.8 Å². The van der Waals surface area contributed by atoms with Crippen LogP contribution in [-0.2, 0) is 12.8 Å². The van der Waals surface area contributed by atoms with Gasteiger partial charge in [-0.3, -0.25) is 0 Å². The maximum Gasteiger partial charge on any atom is 0.358 e. The van der Waals surface area contributed by atoms with E-state index in [0.29, 0.717) is 15.8 Å². The predicted molar refractivity (Wildman–Crippen MR) is 74.9 cm³/mol. The van der Waals surface area contributed by atoms with E-state index in [4.69, 9.17) is 9.63 Å². The number of phenolic OH excluding ortho intramolecular Hbond substituents is 1. The Kier molecular flexibility index (Phi) is 3.25. The molecule has 1 aliphatic rings. The molecular weight excluding hydrogens is 326 g/mol. The summed E-state index contributed by atoms with van der Waals surface area (Å²) >= 11 is 3.33. The second-order valence-corrected chi connectivity index (χ2v) is 5.66. The summed E-state index contributed by atoms with van der Waals surface area (Å²) in [5, 5.41) is 22.7. The molecule has 0 saturated heterocycles. The molecule has 5 nitrogen and oxygen atoms in total. The summed E-state index contributed by atoms with van der Waals surface area (Å²) in [6.07, 6.45) is 3.94. The van der Waals surface area contributed by atoms with E-state index in [2.05, 4.69) is 21.1 Å². The third kappa shape index (κ3) is 2.10. The molecule has 0 unspecified atom stereocenters. The Hall–Kier alpha value is -1.82. The maximum atomic E-state index is 10.9. The van der Waals surface area contributed by atoms with E-state index < -0.39 is 5.97 Å². The molecule has 3 rings (SSSR count). The molecule has 0 bridgehead atoms. The summed E-state index contributed by atoms with van der Waals surface area (Å²) in [5.41, 5.74) is 2.56. The van der Waals surface area contributed by atoms with Gasteiger partial charge in [-0.15, -0.1) is 0 Å². The predicted octanol–water partition coefficient (Wildman–Crippen LogP) is 3.39. The standard InChI is InChI=1S/C14H12BrNO4/c15-9-5-7-3-1-2-4-8(7)12(13(9)17)11-6-10(14(18)19)16-20-11/h5-6,17H,1-4H2,(H,18,19). The molecule has 0 spiro atoms. The largest absolute Gasteiger partial charge is 0.506 e. The molecule has 0 radical (unpaired) electrons. The summed E-state index contributed by atoms with van der Waals surface area (Å²) in [5.74, 6) is -0.790. The van der Waals surface area contributed by atoms with Crippen LogP contribution in [-0.4, -0.2) is 21.3 Å². The lowest BCUT2D eigenvalue weighted by Gasteiger charge is -2.20. The monoisotopic (exact) mass is 337 g/mol. The van der Waals surface area contributed by atoms with E-state index in [9.17, 15) is 9.90 Å². The summed E-state index contributed by atoms with van der Waals surface area (Å²) in [6.45, 7) is 0. The van der Waals surface area contributed by atoms with Crippen molar-refractivity contribution >= 4 is 21.9 Å². The van der Waals surface area contributed by atoms with Crippen LogP contribution in [0.5, 0.6) is 5.75 Å². The fraction of sp³-hybridized carbons (Fsp3) is 0.286. The summed E-state index contributed by atoms with van der Waals surface area (Å²) in [6, 6.07) is 3.26. The number of nitrogens with zero attached hydrogens (tertiary/aromatic N) is 1. The van der Waals surface area contributed by atoms with Crippen molar-refractivity contribution in [3.05, 3.63) is 33.4 Å². The van der Waals surface area contributed by atoms with Crippen LogP contribution in [0.3, 0.4) is 0 Å². The van der Waals surface area contributed by atoms with E-state index in [1.165, 1.54) is 6.07 Å². The number of rotatable bonds is 2. The van der Waals surface area contributed by atoms with Gasteiger partial charge >= 0.3 is 5.97 Å². The first kappa shape index (κ1) is 13.2. The average Bonchev–Trinajstić information content (AvgIpc) is 2.90. The number of fused-ring (bicyclic) bond motifs is 1. The topological polar surface area (TPSA) is 83.6 Å². The SMILES string of the molecule is O=C(O)c1cc(-c2c(O)c(Br)cc3c2CCCC3)on1. The average molecular weight is 338 g/mol. The highest BCUT2D eigenvalue weighted by Crippen LogP contribution is 2.42. The lowest BCUT2D eigenvalue weighted by molar-refractivity contribution is 0.0686. The Morgan fingerprint density at radius 3 is 2.75 bits per heavy atom. The smallest absolute Gasteiger partial charge is 0.358 e. The summed E-state index contributed by atoms with van der Waals surface area (Å²) < 4.78 is 5.69. The molecule has 0 atom stereocenters. The zero-order valence-corrected chi connectivity index (χ0v) is 12.1. The number of phenols is 1. The van der Waals surface area contributed by atoms with Crippen molar-refractivity contribution in [3.8, 4) is 17.1 Å². The molecule has 104 valence electrons. The van der Waals surface area contributed by atoms with Crippen molar-refractivity contribution in [1.29, 1.82) is 0 Å². The second-order valence-electron chi connectivity index (χ2n) is 4.81. The second kappa shape index (κ2) is 4.94. The van der Waals surface area contributed by atoms with E-state index in [-0.39, 0.29) is 11.4 Å². The van der Waals surface area contributed by atoms with Gasteiger partial charge in [0.15, 0.2) is 11.5 Å². The van der Waals surface area contributed by atoms with Crippen molar-refractivity contribution in [2.45, 2.75) is 25.7 Å². The highest BCUT2D eigenvalue weighted by Gasteiger charge is 2.24. The molecule has 1 heterocycles. The molecule has 0 amide bonds. The quantitative estimate of drug-likeness (QED) is 0.877. The Balaban J connectivity index is 2.20. The number of carboxylic acids is 1. The van der Waals surface area contributed by atoms with Gasteiger partial charge in [0.25, 0.3) is 0 Å². The van der Waals surface area contributed by atoms with Crippen LogP contribution >= 0.6 is 15.9 Å². The molecular formula is C14H12BrNO4. The number of hydrogen-bond donors (Lipinski definition) is 2. The van der Waals surface area contributed by atoms with Crippen molar-refractivity contribution in [3.63, 3.8) is 0 Å². The fourth-order valence-corrected chi connectivity index (χ4v) is 3.09. The molecule has 1 aromatic heterocycles. The van der Waals surface area contributed by atoms with Gasteiger partial charge in [-0.25, -0.2) is 4.79 Å². The Bertz CT molecular complexity index is 693. The molecule has 0 aliphatic heterocycles. The van der Waals surface area contributed by atoms with Crippen LogP contribution in [0.2, 0.25) is 0 Å². The third-order valence-corrected chi connectivity index (χ3v) is 4.16. The first-order chi connectivity index (χ1) is 9.58. The first-order valence-corrected chi connectivity index (χ1v) is 7.11. The van der Waals surface area contributed by atoms with E-state index in [0.717, 1.165) is 36.8 Å². The minimum atomic E-state index is -1.15. The lowest BCUT2D eigenvalue weighted by Crippen LogP contribution is -2.05. The molecule has 0 saturated carbocycles. The molecule has 20 heavy (non-hydrogen) atoms. The Morgan fingerprint density at radius 2 is 2.05 bits per heavy atom. The van der Waals surface area contributed by atoms with Gasteiger partial charge in [0, 0.05) is 6.07 Å². The Morgan fingerprint density at radius 1 is 1.30 bits per heavy atom. The number of benzene rings is 1. The molecule has 0 fully saturated rings. The van der Waals surface area contributed by atoms with Crippen LogP contribution in [0.1, 0.15) is 34.5 Å². The number of aromatic nitrogens is 1. The van der Waals surface area contributed by atoms with Crippen molar-refractivity contribution in [2.75, 3.05) is 0 Å². The third-order valence-electron chi connectivity index (χ3n) is 3.55. The van der Waals surface area contributed by atoms with Gasteiger partial charge in [0.2, 0.25) is 0 Å². The fourth-order valence-electron chi connectivity index (χ4n) is 2.62. The van der Waals surface area contributed by atoms with Crippen molar-refractivity contribution < 1.29 is 19.5 Å². The Labute approximate surface area is 123 Å². The summed E-state index contributed by atoms with van der Waals surface area (Å²) in [4.78, 5) is 10.9. The minimum absolute atomic E-state index is 0.0683. The lowest BCUT2D eigenvalue weighted by atomic mass is 9.87. The minimum Gasteiger partial charge on any atom is -0.506 e. The van der Waals surface area contributed by atoms with Crippen LogP contribution in [0.4, 0.5) is 0 Å². The number of aromatic carboxylic acids is 1. The number of carbonyl (C=O) groups is 1. The highest BCUT2D eigenvalue weighted by molar-refractivity contribution is 9.10. The normalized spacial score (nSPS) is 14.1. The van der Waals surface area contributed by atoms with E-state index in [1.807, 2.05) is 6.07 Å². The molecule has 1 aromatic carbocycles. The van der Waals surface area contributed by atoms with Gasteiger partial charge in [0.1, 0.15) is 5.75 Å². The number of aromatic hydroxyl groups is 1. The maximum absolute atomic E-state index is 10.9.